The van der Waals surface area contributed by atoms with Gasteiger partial charge in [-0.25, -0.2) is 0 Å². The van der Waals surface area contributed by atoms with Crippen LogP contribution in [0.5, 0.6) is 0 Å². The Hall–Kier alpha value is -1.60. The SMILES string of the molecule is CO[C@H]1C[C@@H](CO)N(C(=O)Cc2cccc(C(F)(F)F)c2)C1. The third kappa shape index (κ3) is 3.78. The van der Waals surface area contributed by atoms with Crippen molar-refractivity contribution in [1.29, 1.82) is 0 Å². The largest absolute Gasteiger partial charge is 0.416 e. The van der Waals surface area contributed by atoms with Gasteiger partial charge < -0.3 is 14.7 Å². The van der Waals surface area contributed by atoms with Gasteiger partial charge in [0.15, 0.2) is 0 Å². The van der Waals surface area contributed by atoms with Crippen LogP contribution < -0.4 is 0 Å². The third-order valence-corrected chi connectivity index (χ3v) is 3.85. The highest BCUT2D eigenvalue weighted by Gasteiger charge is 2.35. The van der Waals surface area contributed by atoms with E-state index in [0.29, 0.717) is 18.5 Å². The number of nitrogens with zero attached hydrogens (tertiary/aromatic N) is 1. The topological polar surface area (TPSA) is 49.8 Å². The molecule has 1 aliphatic rings. The van der Waals surface area contributed by atoms with Crippen LogP contribution in [0.4, 0.5) is 13.2 Å². The van der Waals surface area contributed by atoms with Crippen LogP contribution in [0.25, 0.3) is 0 Å². The molecule has 0 spiro atoms. The maximum absolute atomic E-state index is 12.7. The minimum atomic E-state index is -4.43. The molecule has 1 amide bonds. The number of amides is 1. The Kier molecular flexibility index (Phi) is 5.08. The van der Waals surface area contributed by atoms with Gasteiger partial charge in [-0.15, -0.1) is 0 Å². The van der Waals surface area contributed by atoms with Gasteiger partial charge in [0.25, 0.3) is 0 Å². The van der Waals surface area contributed by atoms with Gasteiger partial charge in [0.1, 0.15) is 0 Å². The molecule has 2 atom stereocenters. The number of aliphatic hydroxyl groups is 1. The van der Waals surface area contributed by atoms with Crippen molar-refractivity contribution >= 4 is 5.91 Å². The van der Waals surface area contributed by atoms with Crippen molar-refractivity contribution in [3.8, 4) is 0 Å². The van der Waals surface area contributed by atoms with Crippen LogP contribution in [0.1, 0.15) is 17.5 Å². The first-order valence-corrected chi connectivity index (χ1v) is 6.94. The lowest BCUT2D eigenvalue weighted by molar-refractivity contribution is -0.138. The minimum absolute atomic E-state index is 0.128. The molecule has 0 aromatic heterocycles. The molecule has 4 nitrogen and oxygen atoms in total. The number of alkyl halides is 3. The van der Waals surface area contributed by atoms with E-state index in [1.165, 1.54) is 24.1 Å². The summed E-state index contributed by atoms with van der Waals surface area (Å²) in [5.74, 6) is -0.307. The fourth-order valence-corrected chi connectivity index (χ4v) is 2.66. The van der Waals surface area contributed by atoms with Crippen molar-refractivity contribution in [3.05, 3.63) is 35.4 Å². The normalized spacial score (nSPS) is 22.1. The highest BCUT2D eigenvalue weighted by molar-refractivity contribution is 5.79. The molecule has 2 rings (SSSR count). The molecule has 1 heterocycles. The van der Waals surface area contributed by atoms with Crippen molar-refractivity contribution in [2.75, 3.05) is 20.3 Å². The van der Waals surface area contributed by atoms with Crippen molar-refractivity contribution in [2.45, 2.75) is 31.2 Å². The van der Waals surface area contributed by atoms with Gasteiger partial charge in [-0.05, 0) is 18.1 Å². The predicted octanol–water partition coefficient (Wildman–Crippen LogP) is 1.86. The van der Waals surface area contributed by atoms with E-state index in [0.717, 1.165) is 12.1 Å². The van der Waals surface area contributed by atoms with E-state index in [9.17, 15) is 23.1 Å². The number of carbonyl (C=O) groups is 1. The molecular weight excluding hydrogens is 299 g/mol. The summed E-state index contributed by atoms with van der Waals surface area (Å²) in [5, 5.41) is 9.32. The molecule has 0 bridgehead atoms. The second-order valence-corrected chi connectivity index (χ2v) is 5.35. The number of carbonyl (C=O) groups excluding carboxylic acids is 1. The van der Waals surface area contributed by atoms with E-state index in [-0.39, 0.29) is 31.1 Å². The van der Waals surface area contributed by atoms with Crippen LogP contribution in [0.2, 0.25) is 0 Å². The summed E-state index contributed by atoms with van der Waals surface area (Å²) >= 11 is 0. The van der Waals surface area contributed by atoms with E-state index in [1.807, 2.05) is 0 Å². The highest BCUT2D eigenvalue weighted by Crippen LogP contribution is 2.30. The van der Waals surface area contributed by atoms with Gasteiger partial charge in [-0.3, -0.25) is 4.79 Å². The number of likely N-dealkylation sites (tertiary alicyclic amines) is 1. The van der Waals surface area contributed by atoms with E-state index in [1.54, 1.807) is 0 Å². The molecule has 0 aliphatic carbocycles. The van der Waals surface area contributed by atoms with Crippen molar-refractivity contribution in [3.63, 3.8) is 0 Å². The Balaban J connectivity index is 2.09. The zero-order chi connectivity index (χ0) is 16.3. The van der Waals surface area contributed by atoms with Gasteiger partial charge >= 0.3 is 6.18 Å². The monoisotopic (exact) mass is 317 g/mol. The quantitative estimate of drug-likeness (QED) is 0.922. The minimum Gasteiger partial charge on any atom is -0.394 e. The smallest absolute Gasteiger partial charge is 0.394 e. The highest BCUT2D eigenvalue weighted by atomic mass is 19.4. The number of rotatable bonds is 4. The second kappa shape index (κ2) is 6.66. The molecule has 1 aromatic rings. The maximum atomic E-state index is 12.7. The fraction of sp³-hybridized carbons (Fsp3) is 0.533. The molecule has 7 heteroatoms. The standard InChI is InChI=1S/C15H18F3NO3/c1-22-13-7-12(9-20)19(8-13)14(21)6-10-3-2-4-11(5-10)15(16,17)18/h2-5,12-13,20H,6-9H2,1H3/t12-,13-/m0/s1. The summed E-state index contributed by atoms with van der Waals surface area (Å²) in [4.78, 5) is 13.8. The fourth-order valence-electron chi connectivity index (χ4n) is 2.66. The molecule has 0 saturated carbocycles. The molecule has 1 N–H and O–H groups in total. The first-order valence-electron chi connectivity index (χ1n) is 6.94. The zero-order valence-corrected chi connectivity index (χ0v) is 12.1. The summed E-state index contributed by atoms with van der Waals surface area (Å²) in [5.41, 5.74) is -0.468. The number of hydrogen-bond acceptors (Lipinski definition) is 3. The van der Waals surface area contributed by atoms with Gasteiger partial charge in [0.05, 0.1) is 30.7 Å². The van der Waals surface area contributed by atoms with Crippen LogP contribution in [0, 0.1) is 0 Å². The van der Waals surface area contributed by atoms with Crippen LogP contribution in [0.3, 0.4) is 0 Å². The Morgan fingerprint density at radius 3 is 2.77 bits per heavy atom. The number of methoxy groups -OCH3 is 1. The van der Waals surface area contributed by atoms with Gasteiger partial charge in [-0.1, -0.05) is 18.2 Å². The average Bonchev–Trinajstić information content (AvgIpc) is 2.90. The third-order valence-electron chi connectivity index (χ3n) is 3.85. The van der Waals surface area contributed by atoms with E-state index in [2.05, 4.69) is 0 Å². The van der Waals surface area contributed by atoms with Crippen molar-refractivity contribution < 1.29 is 27.8 Å². The lowest BCUT2D eigenvalue weighted by Crippen LogP contribution is -2.39. The predicted molar refractivity (Wildman–Crippen MR) is 73.1 cm³/mol. The summed E-state index contributed by atoms with van der Waals surface area (Å²) in [6.07, 6.45) is -4.18. The molecule has 22 heavy (non-hydrogen) atoms. The van der Waals surface area contributed by atoms with Crippen LogP contribution in [-0.2, 0) is 22.1 Å². The lowest BCUT2D eigenvalue weighted by Gasteiger charge is -2.23. The van der Waals surface area contributed by atoms with E-state index < -0.39 is 11.7 Å². The van der Waals surface area contributed by atoms with E-state index >= 15 is 0 Å². The van der Waals surface area contributed by atoms with Gasteiger partial charge in [-0.2, -0.15) is 13.2 Å². The average molecular weight is 317 g/mol. The Labute approximate surface area is 126 Å². The molecule has 0 unspecified atom stereocenters. The maximum Gasteiger partial charge on any atom is 0.416 e. The van der Waals surface area contributed by atoms with Crippen LogP contribution in [0.15, 0.2) is 24.3 Å². The number of aliphatic hydroxyl groups excluding tert-OH is 1. The summed E-state index contributed by atoms with van der Waals surface area (Å²) in [6, 6.07) is 4.39. The molecule has 1 aromatic carbocycles. The van der Waals surface area contributed by atoms with Gasteiger partial charge in [0, 0.05) is 13.7 Å². The van der Waals surface area contributed by atoms with Crippen molar-refractivity contribution in [2.24, 2.45) is 0 Å². The number of ether oxygens (including phenoxy) is 1. The number of halogens is 3. The van der Waals surface area contributed by atoms with Crippen molar-refractivity contribution in [1.82, 2.24) is 4.90 Å². The van der Waals surface area contributed by atoms with Gasteiger partial charge in [0.2, 0.25) is 5.91 Å². The molecule has 1 fully saturated rings. The zero-order valence-electron chi connectivity index (χ0n) is 12.1. The lowest BCUT2D eigenvalue weighted by atomic mass is 10.1. The molecule has 122 valence electrons. The first kappa shape index (κ1) is 16.8. The van der Waals surface area contributed by atoms with Crippen LogP contribution >= 0.6 is 0 Å². The number of hydrogen-bond donors (Lipinski definition) is 1. The first-order chi connectivity index (χ1) is 10.3. The molecule has 1 saturated heterocycles. The Morgan fingerprint density at radius 2 is 2.18 bits per heavy atom. The molecule has 1 aliphatic heterocycles. The van der Waals surface area contributed by atoms with Crippen LogP contribution in [-0.4, -0.2) is 48.3 Å². The Bertz CT molecular complexity index is 533. The second-order valence-electron chi connectivity index (χ2n) is 5.35. The summed E-state index contributed by atoms with van der Waals surface area (Å²) in [6.45, 7) is 0.160. The summed E-state index contributed by atoms with van der Waals surface area (Å²) in [7, 11) is 1.53. The molecule has 0 radical (unpaired) electrons. The van der Waals surface area contributed by atoms with E-state index in [4.69, 9.17) is 4.74 Å². The number of benzene rings is 1. The molecular formula is C15H18F3NO3. The Morgan fingerprint density at radius 1 is 1.45 bits per heavy atom. The summed E-state index contributed by atoms with van der Waals surface area (Å²) < 4.78 is 43.2.